The van der Waals surface area contributed by atoms with Gasteiger partial charge < -0.3 is 30.3 Å². The molecule has 0 aromatic heterocycles. The lowest BCUT2D eigenvalue weighted by Crippen LogP contribution is -2.57. The van der Waals surface area contributed by atoms with Crippen molar-refractivity contribution >= 4 is 29.8 Å². The number of carbonyl (C=O) groups is 5. The van der Waals surface area contributed by atoms with Crippen molar-refractivity contribution < 1.29 is 42.2 Å². The van der Waals surface area contributed by atoms with Gasteiger partial charge in [-0.3, -0.25) is 9.59 Å². The maximum Gasteiger partial charge on any atom is 0.332 e. The third-order valence-corrected chi connectivity index (χ3v) is 7.18. The Kier molecular flexibility index (Phi) is 14.3. The van der Waals surface area contributed by atoms with Crippen LogP contribution in [-0.4, -0.2) is 79.1 Å². The lowest BCUT2D eigenvalue weighted by atomic mass is 10.0. The Balaban J connectivity index is 2.14. The van der Waals surface area contributed by atoms with Gasteiger partial charge in [-0.15, -0.1) is 0 Å². The monoisotopic (exact) mass is 610 g/mol. The maximum atomic E-state index is 13.9. The van der Waals surface area contributed by atoms with Crippen LogP contribution >= 0.6 is 0 Å². The number of urea groups is 1. The summed E-state index contributed by atoms with van der Waals surface area (Å²) in [6.45, 7) is 7.73. The van der Waals surface area contributed by atoms with E-state index in [1.165, 1.54) is 18.7 Å². The Labute approximate surface area is 251 Å². The second-order valence-corrected chi connectivity index (χ2v) is 11.2. The lowest BCUT2D eigenvalue weighted by molar-refractivity contribution is -0.163. The molecule has 4 atom stereocenters. The lowest BCUT2D eigenvalue weighted by Gasteiger charge is -2.28. The van der Waals surface area contributed by atoms with Crippen LogP contribution in [0.1, 0.15) is 71.8 Å². The summed E-state index contributed by atoms with van der Waals surface area (Å²) in [5.74, 6) is -3.96. The first kappa shape index (κ1) is 35.4. The standard InChI is InChI=1S/C30H44F2N4O7/c1-18(2)10-7-6-8-12-33-30(41)34-24(16-21-14-22(31)17-23(32)15-21)27(38)35-26(29(40)42-5)19(3)43-28(39)25-11-9-13-36(25)20(4)37/h14-15,17-19,24-26H,6-13,16H2,1-5H3,(H,35,38)(H2,33,34,41)/t19-,24-,25?,26-/m0/s1. The van der Waals surface area contributed by atoms with Gasteiger partial charge in [-0.05, 0) is 49.8 Å². The maximum absolute atomic E-state index is 13.9. The van der Waals surface area contributed by atoms with Gasteiger partial charge in [-0.25, -0.2) is 23.2 Å². The molecule has 1 heterocycles. The molecule has 1 saturated heterocycles. The average molecular weight is 611 g/mol. The normalized spacial score (nSPS) is 16.7. The van der Waals surface area contributed by atoms with Crippen LogP contribution in [0, 0.1) is 17.6 Å². The summed E-state index contributed by atoms with van der Waals surface area (Å²) in [4.78, 5) is 64.8. The van der Waals surface area contributed by atoms with E-state index in [0.717, 1.165) is 44.9 Å². The molecule has 1 unspecified atom stereocenters. The number of amides is 4. The van der Waals surface area contributed by atoms with Crippen molar-refractivity contribution in [3.05, 3.63) is 35.4 Å². The van der Waals surface area contributed by atoms with Crippen LogP contribution in [0.4, 0.5) is 13.6 Å². The zero-order valence-corrected chi connectivity index (χ0v) is 25.5. The first-order valence-electron chi connectivity index (χ1n) is 14.7. The van der Waals surface area contributed by atoms with Gasteiger partial charge in [0, 0.05) is 32.5 Å². The smallest absolute Gasteiger partial charge is 0.332 e. The van der Waals surface area contributed by atoms with E-state index in [4.69, 9.17) is 9.47 Å². The number of methoxy groups -OCH3 is 1. The topological polar surface area (TPSA) is 143 Å². The first-order valence-corrected chi connectivity index (χ1v) is 14.7. The van der Waals surface area contributed by atoms with E-state index in [2.05, 4.69) is 29.8 Å². The van der Waals surface area contributed by atoms with E-state index in [-0.39, 0.29) is 17.9 Å². The van der Waals surface area contributed by atoms with Crippen LogP contribution < -0.4 is 16.0 Å². The highest BCUT2D eigenvalue weighted by molar-refractivity contribution is 5.91. The van der Waals surface area contributed by atoms with Crippen LogP contribution in [-0.2, 0) is 35.1 Å². The van der Waals surface area contributed by atoms with Crippen molar-refractivity contribution in [2.45, 2.75) is 96.9 Å². The van der Waals surface area contributed by atoms with Gasteiger partial charge in [0.1, 0.15) is 29.8 Å². The fourth-order valence-electron chi connectivity index (χ4n) is 4.91. The largest absolute Gasteiger partial charge is 0.467 e. The van der Waals surface area contributed by atoms with Crippen LogP contribution in [0.25, 0.3) is 0 Å². The second kappa shape index (κ2) is 17.4. The fraction of sp³-hybridized carbons (Fsp3) is 0.633. The summed E-state index contributed by atoms with van der Waals surface area (Å²) in [5.41, 5.74) is 0.0892. The number of benzene rings is 1. The van der Waals surface area contributed by atoms with Crippen LogP contribution in [0.15, 0.2) is 18.2 Å². The fourth-order valence-corrected chi connectivity index (χ4v) is 4.91. The third kappa shape index (κ3) is 11.8. The number of ether oxygens (including phenoxy) is 2. The number of nitrogens with one attached hydrogen (secondary N) is 3. The predicted octanol–water partition coefficient (Wildman–Crippen LogP) is 2.99. The molecule has 240 valence electrons. The van der Waals surface area contributed by atoms with E-state index in [9.17, 15) is 32.8 Å². The minimum Gasteiger partial charge on any atom is -0.467 e. The molecule has 11 nitrogen and oxygen atoms in total. The Morgan fingerprint density at radius 2 is 1.67 bits per heavy atom. The summed E-state index contributed by atoms with van der Waals surface area (Å²) < 4.78 is 38.0. The molecule has 2 rings (SSSR count). The van der Waals surface area contributed by atoms with Gasteiger partial charge >= 0.3 is 18.0 Å². The van der Waals surface area contributed by atoms with Gasteiger partial charge in [-0.2, -0.15) is 0 Å². The molecular weight excluding hydrogens is 566 g/mol. The summed E-state index contributed by atoms with van der Waals surface area (Å²) in [6, 6.07) is -1.60. The van der Waals surface area contributed by atoms with E-state index in [0.29, 0.717) is 37.9 Å². The molecule has 0 spiro atoms. The summed E-state index contributed by atoms with van der Waals surface area (Å²) in [6.07, 6.45) is 3.20. The number of hydrogen-bond acceptors (Lipinski definition) is 7. The zero-order chi connectivity index (χ0) is 32.1. The van der Waals surface area contributed by atoms with E-state index >= 15 is 0 Å². The predicted molar refractivity (Wildman–Crippen MR) is 154 cm³/mol. The summed E-state index contributed by atoms with van der Waals surface area (Å²) >= 11 is 0. The highest BCUT2D eigenvalue weighted by Gasteiger charge is 2.38. The van der Waals surface area contributed by atoms with Crippen molar-refractivity contribution in [3.8, 4) is 0 Å². The van der Waals surface area contributed by atoms with Crippen LogP contribution in [0.5, 0.6) is 0 Å². The van der Waals surface area contributed by atoms with Crippen molar-refractivity contribution in [3.63, 3.8) is 0 Å². The third-order valence-electron chi connectivity index (χ3n) is 7.18. The van der Waals surface area contributed by atoms with E-state index in [1.54, 1.807) is 0 Å². The number of likely N-dealkylation sites (tertiary alicyclic amines) is 1. The van der Waals surface area contributed by atoms with Crippen molar-refractivity contribution in [1.29, 1.82) is 0 Å². The van der Waals surface area contributed by atoms with Gasteiger partial charge in [0.15, 0.2) is 6.04 Å². The minimum absolute atomic E-state index is 0.0892. The van der Waals surface area contributed by atoms with Gasteiger partial charge in [0.05, 0.1) is 7.11 Å². The Morgan fingerprint density at radius 3 is 2.28 bits per heavy atom. The Bertz CT molecular complexity index is 1110. The zero-order valence-electron chi connectivity index (χ0n) is 25.5. The molecule has 0 bridgehead atoms. The van der Waals surface area contributed by atoms with Gasteiger partial charge in [0.25, 0.3) is 0 Å². The SMILES string of the molecule is COC(=O)[C@@H](NC(=O)[C@H](Cc1cc(F)cc(F)c1)NC(=O)NCCCCCC(C)C)[C@H](C)OC(=O)C1CCCN1C(C)=O. The number of unbranched alkanes of at least 4 members (excludes halogenated alkanes) is 2. The number of esters is 2. The molecule has 1 fully saturated rings. The molecule has 0 aliphatic carbocycles. The molecule has 1 aliphatic heterocycles. The van der Waals surface area contributed by atoms with Crippen molar-refractivity contribution in [2.24, 2.45) is 5.92 Å². The molecule has 13 heteroatoms. The number of nitrogens with zero attached hydrogens (tertiary/aromatic N) is 1. The second-order valence-electron chi connectivity index (χ2n) is 11.2. The molecule has 43 heavy (non-hydrogen) atoms. The molecule has 1 aromatic carbocycles. The van der Waals surface area contributed by atoms with Crippen LogP contribution in [0.3, 0.4) is 0 Å². The highest BCUT2D eigenvalue weighted by atomic mass is 19.1. The number of carbonyl (C=O) groups excluding carboxylic acids is 5. The van der Waals surface area contributed by atoms with Gasteiger partial charge in [-0.1, -0.05) is 33.1 Å². The number of hydrogen-bond donors (Lipinski definition) is 3. The van der Waals surface area contributed by atoms with E-state index in [1.807, 2.05) is 0 Å². The summed E-state index contributed by atoms with van der Waals surface area (Å²) in [7, 11) is 1.09. The molecule has 0 saturated carbocycles. The molecule has 3 N–H and O–H groups in total. The van der Waals surface area contributed by atoms with Crippen molar-refractivity contribution in [2.75, 3.05) is 20.2 Å². The molecule has 1 aliphatic rings. The number of rotatable bonds is 15. The molecular formula is C30H44F2N4O7. The Morgan fingerprint density at radius 1 is 1.00 bits per heavy atom. The molecule has 4 amide bonds. The first-order chi connectivity index (χ1) is 20.3. The Hall–Kier alpha value is -3.77. The van der Waals surface area contributed by atoms with E-state index < -0.39 is 59.7 Å². The molecule has 1 aromatic rings. The van der Waals surface area contributed by atoms with Gasteiger partial charge in [0.2, 0.25) is 11.8 Å². The number of halogens is 2. The highest BCUT2D eigenvalue weighted by Crippen LogP contribution is 2.20. The minimum atomic E-state index is -1.48. The average Bonchev–Trinajstić information content (AvgIpc) is 3.43. The molecule has 0 radical (unpaired) electrons. The summed E-state index contributed by atoms with van der Waals surface area (Å²) in [5, 5.41) is 7.63. The van der Waals surface area contributed by atoms with Crippen LogP contribution in [0.2, 0.25) is 0 Å². The quantitative estimate of drug-likeness (QED) is 0.205. The van der Waals surface area contributed by atoms with Crippen molar-refractivity contribution in [1.82, 2.24) is 20.9 Å².